The average molecular weight is 353 g/mol. The van der Waals surface area contributed by atoms with Crippen LogP contribution >= 0.6 is 0 Å². The SMILES string of the molecule is C[C@@H]1C[C@@H](Oc2ccc3cc(CN4CC(C(=O)O)C4)ccc3c2)C[C@@H]1C. The number of fused-ring (bicyclic) bond motifs is 1. The Balaban J connectivity index is 1.41. The van der Waals surface area contributed by atoms with Crippen LogP contribution in [-0.4, -0.2) is 35.2 Å². The molecule has 4 rings (SSSR count). The fourth-order valence-electron chi connectivity index (χ4n) is 4.24. The molecule has 0 radical (unpaired) electrons. The summed E-state index contributed by atoms with van der Waals surface area (Å²) in [4.78, 5) is 13.1. The molecule has 1 saturated carbocycles. The Morgan fingerprint density at radius 3 is 2.42 bits per heavy atom. The van der Waals surface area contributed by atoms with E-state index in [0.29, 0.717) is 19.2 Å². The number of carboxylic acids is 1. The van der Waals surface area contributed by atoms with Crippen LogP contribution in [0.2, 0.25) is 0 Å². The van der Waals surface area contributed by atoms with Crippen molar-refractivity contribution in [2.24, 2.45) is 17.8 Å². The van der Waals surface area contributed by atoms with Crippen molar-refractivity contribution in [2.45, 2.75) is 39.3 Å². The molecule has 1 heterocycles. The van der Waals surface area contributed by atoms with Gasteiger partial charge in [-0.25, -0.2) is 0 Å². The highest BCUT2D eigenvalue weighted by Gasteiger charge is 2.32. The molecule has 0 spiro atoms. The van der Waals surface area contributed by atoms with Gasteiger partial charge in [-0.3, -0.25) is 9.69 Å². The number of carbonyl (C=O) groups is 1. The van der Waals surface area contributed by atoms with E-state index in [1.54, 1.807) is 0 Å². The van der Waals surface area contributed by atoms with Crippen LogP contribution in [0.3, 0.4) is 0 Å². The molecule has 4 nitrogen and oxygen atoms in total. The summed E-state index contributed by atoms with van der Waals surface area (Å²) in [7, 11) is 0. The third-order valence-corrected chi connectivity index (χ3v) is 6.13. The number of hydrogen-bond donors (Lipinski definition) is 1. The van der Waals surface area contributed by atoms with E-state index in [9.17, 15) is 4.79 Å². The fraction of sp³-hybridized carbons (Fsp3) is 0.500. The minimum atomic E-state index is -0.682. The number of hydrogen-bond acceptors (Lipinski definition) is 3. The van der Waals surface area contributed by atoms with E-state index >= 15 is 0 Å². The van der Waals surface area contributed by atoms with E-state index in [-0.39, 0.29) is 5.92 Å². The first-order chi connectivity index (χ1) is 12.5. The molecule has 4 heteroatoms. The Bertz CT molecular complexity index is 802. The summed E-state index contributed by atoms with van der Waals surface area (Å²) in [5.41, 5.74) is 1.23. The molecule has 1 aliphatic carbocycles. The third-order valence-electron chi connectivity index (χ3n) is 6.13. The second kappa shape index (κ2) is 6.92. The van der Waals surface area contributed by atoms with Crippen molar-refractivity contribution in [3.8, 4) is 5.75 Å². The lowest BCUT2D eigenvalue weighted by atomic mass is 9.99. The first-order valence-electron chi connectivity index (χ1n) is 9.62. The molecule has 0 aromatic heterocycles. The smallest absolute Gasteiger partial charge is 0.309 e. The van der Waals surface area contributed by atoms with Crippen LogP contribution in [0.5, 0.6) is 5.75 Å². The Labute approximate surface area is 154 Å². The normalized spacial score (nSPS) is 26.8. The molecule has 1 N–H and O–H groups in total. The molecule has 2 fully saturated rings. The van der Waals surface area contributed by atoms with Gasteiger partial charge in [0.25, 0.3) is 0 Å². The minimum absolute atomic E-state index is 0.198. The maximum absolute atomic E-state index is 10.9. The number of carboxylic acid groups (broad SMARTS) is 1. The Hall–Kier alpha value is -2.07. The molecule has 0 amide bonds. The molecule has 3 atom stereocenters. The first-order valence-corrected chi connectivity index (χ1v) is 9.62. The summed E-state index contributed by atoms with van der Waals surface area (Å²) in [5.74, 6) is 1.56. The second-order valence-corrected chi connectivity index (χ2v) is 8.24. The molecular formula is C22H27NO3. The summed E-state index contributed by atoms with van der Waals surface area (Å²) in [6, 6.07) is 12.8. The summed E-state index contributed by atoms with van der Waals surface area (Å²) < 4.78 is 6.22. The highest BCUT2D eigenvalue weighted by atomic mass is 16.5. The van der Waals surface area contributed by atoms with Gasteiger partial charge in [-0.1, -0.05) is 32.0 Å². The van der Waals surface area contributed by atoms with Crippen molar-refractivity contribution in [1.82, 2.24) is 4.90 Å². The van der Waals surface area contributed by atoms with Crippen LogP contribution in [-0.2, 0) is 11.3 Å². The molecule has 1 saturated heterocycles. The van der Waals surface area contributed by atoms with Crippen molar-refractivity contribution >= 4 is 16.7 Å². The molecule has 0 unspecified atom stereocenters. The fourth-order valence-corrected chi connectivity index (χ4v) is 4.24. The zero-order valence-electron chi connectivity index (χ0n) is 15.5. The molecule has 2 aromatic rings. The number of nitrogens with zero attached hydrogens (tertiary/aromatic N) is 1. The van der Waals surface area contributed by atoms with Crippen molar-refractivity contribution in [1.29, 1.82) is 0 Å². The largest absolute Gasteiger partial charge is 0.490 e. The van der Waals surface area contributed by atoms with Gasteiger partial charge in [0.05, 0.1) is 12.0 Å². The van der Waals surface area contributed by atoms with E-state index in [1.807, 2.05) is 0 Å². The number of aliphatic carboxylic acids is 1. The zero-order valence-corrected chi connectivity index (χ0v) is 15.5. The van der Waals surface area contributed by atoms with Crippen LogP contribution in [0, 0.1) is 17.8 Å². The summed E-state index contributed by atoms with van der Waals surface area (Å²) in [6.45, 7) is 6.74. The standard InChI is InChI=1S/C22H27NO3/c1-14-7-21(8-15(14)2)26-20-6-5-17-9-16(3-4-18(17)10-20)11-23-12-19(13-23)22(24)25/h3-6,9-10,14-15,19,21H,7-8,11-13H2,1-2H3,(H,24,25)/t14-,15+,21-. The Morgan fingerprint density at radius 1 is 1.08 bits per heavy atom. The highest BCUT2D eigenvalue weighted by Crippen LogP contribution is 2.34. The molecule has 2 aliphatic rings. The monoisotopic (exact) mass is 353 g/mol. The van der Waals surface area contributed by atoms with E-state index in [0.717, 1.165) is 37.0 Å². The van der Waals surface area contributed by atoms with E-state index in [1.165, 1.54) is 16.3 Å². The van der Waals surface area contributed by atoms with Gasteiger partial charge in [0.1, 0.15) is 5.75 Å². The van der Waals surface area contributed by atoms with Crippen LogP contribution in [0.1, 0.15) is 32.3 Å². The van der Waals surface area contributed by atoms with Gasteiger partial charge in [-0.2, -0.15) is 0 Å². The van der Waals surface area contributed by atoms with Crippen LogP contribution in [0.4, 0.5) is 0 Å². The van der Waals surface area contributed by atoms with Gasteiger partial charge < -0.3 is 9.84 Å². The van der Waals surface area contributed by atoms with Crippen molar-refractivity contribution in [3.05, 3.63) is 42.0 Å². The molecule has 26 heavy (non-hydrogen) atoms. The van der Waals surface area contributed by atoms with E-state index < -0.39 is 5.97 Å². The Morgan fingerprint density at radius 2 is 1.73 bits per heavy atom. The van der Waals surface area contributed by atoms with Crippen LogP contribution in [0.15, 0.2) is 36.4 Å². The number of rotatable bonds is 5. The predicted molar refractivity (Wildman–Crippen MR) is 102 cm³/mol. The highest BCUT2D eigenvalue weighted by molar-refractivity contribution is 5.84. The van der Waals surface area contributed by atoms with Gasteiger partial charge in [-0.15, -0.1) is 0 Å². The van der Waals surface area contributed by atoms with Gasteiger partial charge in [-0.05, 0) is 59.2 Å². The second-order valence-electron chi connectivity index (χ2n) is 8.24. The Kier molecular flexibility index (Phi) is 4.62. The van der Waals surface area contributed by atoms with Crippen molar-refractivity contribution < 1.29 is 14.6 Å². The maximum atomic E-state index is 10.9. The quantitative estimate of drug-likeness (QED) is 0.876. The molecule has 2 aromatic carbocycles. The first kappa shape index (κ1) is 17.3. The molecule has 0 bridgehead atoms. The average Bonchev–Trinajstić information content (AvgIpc) is 2.87. The molecular weight excluding hydrogens is 326 g/mol. The number of ether oxygens (including phenoxy) is 1. The predicted octanol–water partition coefficient (Wildman–Crippen LogP) is 4.17. The van der Waals surface area contributed by atoms with Crippen LogP contribution in [0.25, 0.3) is 10.8 Å². The lowest BCUT2D eigenvalue weighted by molar-refractivity contribution is -0.147. The number of benzene rings is 2. The van der Waals surface area contributed by atoms with E-state index in [4.69, 9.17) is 9.84 Å². The zero-order chi connectivity index (χ0) is 18.3. The lowest BCUT2D eigenvalue weighted by Crippen LogP contribution is -2.49. The number of likely N-dealkylation sites (tertiary alicyclic amines) is 1. The molecule has 1 aliphatic heterocycles. The van der Waals surface area contributed by atoms with Crippen molar-refractivity contribution in [2.75, 3.05) is 13.1 Å². The van der Waals surface area contributed by atoms with Crippen LogP contribution < -0.4 is 4.74 Å². The maximum Gasteiger partial charge on any atom is 0.309 e. The minimum Gasteiger partial charge on any atom is -0.490 e. The van der Waals surface area contributed by atoms with Gasteiger partial charge in [0.2, 0.25) is 0 Å². The topological polar surface area (TPSA) is 49.8 Å². The molecule has 138 valence electrons. The summed E-state index contributed by atoms with van der Waals surface area (Å²) in [5, 5.41) is 11.4. The van der Waals surface area contributed by atoms with E-state index in [2.05, 4.69) is 55.1 Å². The summed E-state index contributed by atoms with van der Waals surface area (Å²) in [6.07, 6.45) is 2.63. The van der Waals surface area contributed by atoms with Gasteiger partial charge in [0, 0.05) is 19.6 Å². The third kappa shape index (κ3) is 3.56. The van der Waals surface area contributed by atoms with Gasteiger partial charge >= 0.3 is 5.97 Å². The van der Waals surface area contributed by atoms with Gasteiger partial charge in [0.15, 0.2) is 0 Å². The van der Waals surface area contributed by atoms with Crippen molar-refractivity contribution in [3.63, 3.8) is 0 Å². The summed E-state index contributed by atoms with van der Waals surface area (Å²) >= 11 is 0. The lowest BCUT2D eigenvalue weighted by Gasteiger charge is -2.36.